The van der Waals surface area contributed by atoms with E-state index < -0.39 is 0 Å². The van der Waals surface area contributed by atoms with E-state index in [4.69, 9.17) is 0 Å². The third kappa shape index (κ3) is 3.52. The molecular weight excluding hydrogens is 172 g/mol. The van der Waals surface area contributed by atoms with Crippen molar-refractivity contribution >= 4 is 11.7 Å². The van der Waals surface area contributed by atoms with Crippen molar-refractivity contribution < 1.29 is 14.4 Å². The summed E-state index contributed by atoms with van der Waals surface area (Å²) in [4.78, 5) is 28.3. The molecule has 0 radical (unpaired) electrons. The van der Waals surface area contributed by atoms with Crippen LogP contribution in [0.3, 0.4) is 0 Å². The Morgan fingerprint density at radius 3 is 2.69 bits per heavy atom. The van der Waals surface area contributed by atoms with Crippen molar-refractivity contribution in [3.8, 4) is 0 Å². The van der Waals surface area contributed by atoms with Crippen LogP contribution in [0.25, 0.3) is 0 Å². The van der Waals surface area contributed by atoms with Crippen LogP contribution in [0.15, 0.2) is 0 Å². The van der Waals surface area contributed by atoms with Gasteiger partial charge in [0.05, 0.1) is 13.7 Å². The topological polar surface area (TPSA) is 58.6 Å². The number of nitrogens with zero attached hydrogens (tertiary/aromatic N) is 1. The lowest BCUT2D eigenvalue weighted by atomic mass is 10.1. The van der Waals surface area contributed by atoms with Crippen molar-refractivity contribution in [3.63, 3.8) is 0 Å². The molecule has 13 heavy (non-hydrogen) atoms. The van der Waals surface area contributed by atoms with Crippen molar-refractivity contribution in [3.05, 3.63) is 0 Å². The summed E-state index contributed by atoms with van der Waals surface area (Å²) in [6.45, 7) is 1.66. The molecule has 0 aromatic rings. The van der Waals surface area contributed by atoms with Crippen molar-refractivity contribution in [1.82, 2.24) is 10.4 Å². The summed E-state index contributed by atoms with van der Waals surface area (Å²) in [6.07, 6.45) is 1.11. The van der Waals surface area contributed by atoms with E-state index in [1.807, 2.05) is 4.90 Å². The summed E-state index contributed by atoms with van der Waals surface area (Å²) in [7, 11) is 1.40. The Labute approximate surface area is 77.0 Å². The molecule has 1 fully saturated rings. The number of piperidine rings is 1. The average molecular weight is 186 g/mol. The van der Waals surface area contributed by atoms with Gasteiger partial charge < -0.3 is 0 Å². The molecule has 0 aromatic carbocycles. The second-order valence-electron chi connectivity index (χ2n) is 3.04. The number of ketones is 1. The summed E-state index contributed by atoms with van der Waals surface area (Å²) >= 11 is 0. The van der Waals surface area contributed by atoms with Crippen LogP contribution >= 0.6 is 0 Å². The highest BCUT2D eigenvalue weighted by atomic mass is 16.6. The molecule has 0 spiro atoms. The molecule has 74 valence electrons. The lowest BCUT2D eigenvalue weighted by Crippen LogP contribution is -2.41. The third-order valence-corrected chi connectivity index (χ3v) is 2.00. The molecule has 0 aromatic heterocycles. The number of hydrogen-bond donors (Lipinski definition) is 1. The van der Waals surface area contributed by atoms with Crippen molar-refractivity contribution in [1.29, 1.82) is 0 Å². The molecule has 1 N–H and O–H groups in total. The second kappa shape index (κ2) is 4.94. The monoisotopic (exact) mass is 186 g/mol. The van der Waals surface area contributed by atoms with E-state index in [1.165, 1.54) is 7.11 Å². The van der Waals surface area contributed by atoms with Crippen LogP contribution in [-0.2, 0) is 14.4 Å². The van der Waals surface area contributed by atoms with Crippen molar-refractivity contribution in [2.24, 2.45) is 0 Å². The smallest absolute Gasteiger partial charge is 0.257 e. The minimum atomic E-state index is -0.170. The first-order valence-corrected chi connectivity index (χ1v) is 4.28. The highest BCUT2D eigenvalue weighted by molar-refractivity contribution is 5.80. The minimum absolute atomic E-state index is 0.170. The molecule has 1 rings (SSSR count). The normalized spacial score (nSPS) is 18.7. The third-order valence-electron chi connectivity index (χ3n) is 2.00. The van der Waals surface area contributed by atoms with Crippen molar-refractivity contribution in [2.75, 3.05) is 26.7 Å². The van der Waals surface area contributed by atoms with E-state index in [9.17, 15) is 9.59 Å². The van der Waals surface area contributed by atoms with Crippen LogP contribution < -0.4 is 5.48 Å². The zero-order chi connectivity index (χ0) is 9.68. The van der Waals surface area contributed by atoms with Crippen LogP contribution in [0.4, 0.5) is 0 Å². The van der Waals surface area contributed by atoms with E-state index in [2.05, 4.69) is 10.3 Å². The number of carbonyl (C=O) groups is 2. The highest BCUT2D eigenvalue weighted by Crippen LogP contribution is 2.04. The van der Waals surface area contributed by atoms with Gasteiger partial charge in [0.25, 0.3) is 5.91 Å². The van der Waals surface area contributed by atoms with Gasteiger partial charge in [-0.3, -0.25) is 19.3 Å². The van der Waals surface area contributed by atoms with E-state index >= 15 is 0 Å². The largest absolute Gasteiger partial charge is 0.300 e. The lowest BCUT2D eigenvalue weighted by molar-refractivity contribution is -0.134. The van der Waals surface area contributed by atoms with Gasteiger partial charge in [-0.2, -0.15) is 0 Å². The van der Waals surface area contributed by atoms with Crippen LogP contribution in [0.1, 0.15) is 12.8 Å². The Balaban J connectivity index is 2.22. The molecule has 0 unspecified atom stereocenters. The number of hydrogen-bond acceptors (Lipinski definition) is 4. The Morgan fingerprint density at radius 1 is 1.54 bits per heavy atom. The number of likely N-dealkylation sites (tertiary alicyclic amines) is 1. The van der Waals surface area contributed by atoms with Crippen molar-refractivity contribution in [2.45, 2.75) is 12.8 Å². The summed E-state index contributed by atoms with van der Waals surface area (Å²) in [6, 6.07) is 0. The molecule has 1 amide bonds. The maximum absolute atomic E-state index is 11.0. The van der Waals surface area contributed by atoms with Crippen LogP contribution in [0.5, 0.6) is 0 Å². The molecule has 1 saturated heterocycles. The minimum Gasteiger partial charge on any atom is -0.300 e. The van der Waals surface area contributed by atoms with Gasteiger partial charge in [0.2, 0.25) is 0 Å². The maximum Gasteiger partial charge on any atom is 0.257 e. The quantitative estimate of drug-likeness (QED) is 0.594. The van der Waals surface area contributed by atoms with Crippen LogP contribution in [-0.4, -0.2) is 43.3 Å². The van der Waals surface area contributed by atoms with Gasteiger partial charge in [-0.05, 0) is 0 Å². The zero-order valence-electron chi connectivity index (χ0n) is 7.71. The summed E-state index contributed by atoms with van der Waals surface area (Å²) < 4.78 is 0. The van der Waals surface area contributed by atoms with Gasteiger partial charge in [0.1, 0.15) is 5.78 Å². The zero-order valence-corrected chi connectivity index (χ0v) is 7.71. The number of amides is 1. The molecule has 0 aliphatic carbocycles. The molecule has 1 heterocycles. The molecule has 0 atom stereocenters. The number of Topliss-reactive ketones (excluding diaryl/α,β-unsaturated/α-hetero) is 1. The van der Waals surface area contributed by atoms with Crippen LogP contribution in [0, 0.1) is 0 Å². The van der Waals surface area contributed by atoms with E-state index in [0.717, 1.165) is 0 Å². The predicted molar refractivity (Wildman–Crippen MR) is 45.8 cm³/mol. The maximum atomic E-state index is 11.0. The molecule has 5 nitrogen and oxygen atoms in total. The van der Waals surface area contributed by atoms with Gasteiger partial charge >= 0.3 is 0 Å². The van der Waals surface area contributed by atoms with E-state index in [1.54, 1.807) is 0 Å². The summed E-state index contributed by atoms with van der Waals surface area (Å²) in [5, 5.41) is 0. The van der Waals surface area contributed by atoms with E-state index in [-0.39, 0.29) is 11.7 Å². The number of hydroxylamine groups is 1. The number of rotatable bonds is 3. The Morgan fingerprint density at radius 2 is 2.15 bits per heavy atom. The molecule has 5 heteroatoms. The van der Waals surface area contributed by atoms with Crippen LogP contribution in [0.2, 0.25) is 0 Å². The molecule has 0 saturated carbocycles. The number of carbonyl (C=O) groups excluding carboxylic acids is 2. The van der Waals surface area contributed by atoms with Gasteiger partial charge in [-0.15, -0.1) is 0 Å². The molecule has 1 aliphatic rings. The SMILES string of the molecule is CONC(=O)CN1CCC(=O)CC1. The Bertz CT molecular complexity index is 196. The summed E-state index contributed by atoms with van der Waals surface area (Å²) in [5.41, 5.74) is 2.24. The first-order valence-electron chi connectivity index (χ1n) is 4.28. The highest BCUT2D eigenvalue weighted by Gasteiger charge is 2.17. The fraction of sp³-hybridized carbons (Fsp3) is 0.750. The predicted octanol–water partition coefficient (Wildman–Crippen LogP) is -0.671. The fourth-order valence-electron chi connectivity index (χ4n) is 1.31. The van der Waals surface area contributed by atoms with E-state index in [0.29, 0.717) is 32.5 Å². The lowest BCUT2D eigenvalue weighted by Gasteiger charge is -2.24. The summed E-state index contributed by atoms with van der Waals surface area (Å²) in [5.74, 6) is 0.111. The average Bonchev–Trinajstić information content (AvgIpc) is 2.09. The number of nitrogens with one attached hydrogen (secondary N) is 1. The van der Waals surface area contributed by atoms with Gasteiger partial charge in [0, 0.05) is 25.9 Å². The van der Waals surface area contributed by atoms with Gasteiger partial charge in [0.15, 0.2) is 0 Å². The molecule has 0 bridgehead atoms. The van der Waals surface area contributed by atoms with Gasteiger partial charge in [-0.1, -0.05) is 0 Å². The fourth-order valence-corrected chi connectivity index (χ4v) is 1.31. The Kier molecular flexibility index (Phi) is 3.85. The molecular formula is C8H14N2O3. The second-order valence-corrected chi connectivity index (χ2v) is 3.04. The standard InChI is InChI=1S/C8H14N2O3/c1-13-9-8(12)6-10-4-2-7(11)3-5-10/h2-6H2,1H3,(H,9,12). The van der Waals surface area contributed by atoms with Gasteiger partial charge in [-0.25, -0.2) is 5.48 Å². The first kappa shape index (κ1) is 10.1. The first-order chi connectivity index (χ1) is 6.22. The Hall–Kier alpha value is -0.940. The molecule has 1 aliphatic heterocycles.